The predicted octanol–water partition coefficient (Wildman–Crippen LogP) is 3.93. The molecule has 1 aliphatic carbocycles. The van der Waals surface area contributed by atoms with Gasteiger partial charge in [0.2, 0.25) is 0 Å². The Balaban J connectivity index is 2.29. The van der Waals surface area contributed by atoms with Crippen LogP contribution in [0.2, 0.25) is 0 Å². The minimum Gasteiger partial charge on any atom is -0.381 e. The Kier molecular flexibility index (Phi) is 3.42. The van der Waals surface area contributed by atoms with Crippen LogP contribution in [0, 0.1) is 26.2 Å². The molecule has 0 spiro atoms. The quantitative estimate of drug-likeness (QED) is 0.845. The van der Waals surface area contributed by atoms with E-state index >= 15 is 0 Å². The predicted molar refractivity (Wildman–Crippen MR) is 83.7 cm³/mol. The van der Waals surface area contributed by atoms with Crippen LogP contribution in [0.5, 0.6) is 0 Å². The highest BCUT2D eigenvalue weighted by atomic mass is 15.0. The summed E-state index contributed by atoms with van der Waals surface area (Å²) >= 11 is 0. The van der Waals surface area contributed by atoms with Gasteiger partial charge in [-0.1, -0.05) is 31.5 Å². The maximum absolute atomic E-state index is 6.46. The van der Waals surface area contributed by atoms with Crippen LogP contribution in [0.15, 0.2) is 12.1 Å². The number of aryl methyl sites for hydroxylation is 3. The van der Waals surface area contributed by atoms with Crippen molar-refractivity contribution in [1.29, 1.82) is 0 Å². The van der Waals surface area contributed by atoms with E-state index in [1.807, 2.05) is 0 Å². The van der Waals surface area contributed by atoms with Crippen LogP contribution in [0.1, 0.15) is 50.3 Å². The molecule has 0 heterocycles. The summed E-state index contributed by atoms with van der Waals surface area (Å²) in [7, 11) is 0. The Labute approximate surface area is 117 Å². The van der Waals surface area contributed by atoms with Crippen LogP contribution in [0.3, 0.4) is 0 Å². The molecule has 2 atom stereocenters. The number of nitrogens with one attached hydrogen (secondary N) is 1. The summed E-state index contributed by atoms with van der Waals surface area (Å²) in [6.45, 7) is 13.3. The lowest BCUT2D eigenvalue weighted by Gasteiger charge is -2.39. The molecule has 2 heteroatoms. The molecule has 1 aromatic carbocycles. The van der Waals surface area contributed by atoms with Gasteiger partial charge in [-0.25, -0.2) is 0 Å². The first-order valence-electron chi connectivity index (χ1n) is 7.28. The maximum Gasteiger partial charge on any atom is 0.0402 e. The van der Waals surface area contributed by atoms with Crippen LogP contribution in [-0.4, -0.2) is 11.6 Å². The molecule has 0 saturated heterocycles. The minimum atomic E-state index is -0.0861. The molecule has 0 amide bonds. The zero-order valence-corrected chi connectivity index (χ0v) is 13.2. The maximum atomic E-state index is 6.46. The van der Waals surface area contributed by atoms with Crippen molar-refractivity contribution in [2.75, 3.05) is 5.32 Å². The second kappa shape index (κ2) is 4.52. The van der Waals surface area contributed by atoms with Crippen molar-refractivity contribution in [1.82, 2.24) is 0 Å². The van der Waals surface area contributed by atoms with Gasteiger partial charge in [-0.15, -0.1) is 0 Å². The molecule has 0 aliphatic heterocycles. The van der Waals surface area contributed by atoms with Crippen LogP contribution >= 0.6 is 0 Å². The number of nitrogens with two attached hydrogens (primary N) is 1. The molecular formula is C17H28N2. The summed E-state index contributed by atoms with van der Waals surface area (Å²) < 4.78 is 0. The second-order valence-corrected chi connectivity index (χ2v) is 7.15. The highest BCUT2D eigenvalue weighted by molar-refractivity contribution is 5.59. The van der Waals surface area contributed by atoms with E-state index in [0.717, 1.165) is 12.8 Å². The summed E-state index contributed by atoms with van der Waals surface area (Å²) in [5.74, 6) is 0. The summed E-state index contributed by atoms with van der Waals surface area (Å²) in [6, 6.07) is 4.94. The van der Waals surface area contributed by atoms with E-state index in [1.165, 1.54) is 22.4 Å². The molecule has 106 valence electrons. The van der Waals surface area contributed by atoms with Gasteiger partial charge >= 0.3 is 0 Å². The number of benzene rings is 1. The summed E-state index contributed by atoms with van der Waals surface area (Å²) in [6.07, 6.45) is 2.23. The fourth-order valence-electron chi connectivity index (χ4n) is 3.36. The molecule has 2 nitrogen and oxygen atoms in total. The van der Waals surface area contributed by atoms with Gasteiger partial charge in [-0.05, 0) is 51.7 Å². The second-order valence-electron chi connectivity index (χ2n) is 7.15. The summed E-state index contributed by atoms with van der Waals surface area (Å²) in [5.41, 5.74) is 11.8. The van der Waals surface area contributed by atoms with Crippen molar-refractivity contribution in [3.8, 4) is 0 Å². The molecule has 2 rings (SSSR count). The van der Waals surface area contributed by atoms with Gasteiger partial charge in [-0.3, -0.25) is 0 Å². The Morgan fingerprint density at radius 1 is 1.11 bits per heavy atom. The number of rotatable bonds is 2. The Morgan fingerprint density at radius 3 is 2.05 bits per heavy atom. The van der Waals surface area contributed by atoms with E-state index in [-0.39, 0.29) is 11.0 Å². The van der Waals surface area contributed by atoms with Gasteiger partial charge in [0, 0.05) is 22.7 Å². The Hall–Kier alpha value is -1.02. The van der Waals surface area contributed by atoms with Gasteiger partial charge in [-0.2, -0.15) is 0 Å². The highest BCUT2D eigenvalue weighted by Crippen LogP contribution is 2.45. The van der Waals surface area contributed by atoms with E-state index in [9.17, 15) is 0 Å². The molecular weight excluding hydrogens is 232 g/mol. The molecule has 2 unspecified atom stereocenters. The first-order chi connectivity index (χ1) is 8.65. The Bertz CT molecular complexity index is 463. The zero-order valence-electron chi connectivity index (χ0n) is 13.2. The third kappa shape index (κ3) is 2.38. The van der Waals surface area contributed by atoms with Crippen molar-refractivity contribution in [2.45, 2.75) is 66.0 Å². The van der Waals surface area contributed by atoms with Crippen molar-refractivity contribution in [3.05, 3.63) is 28.8 Å². The first kappa shape index (κ1) is 14.4. The fourth-order valence-corrected chi connectivity index (χ4v) is 3.36. The average molecular weight is 260 g/mol. The van der Waals surface area contributed by atoms with Crippen LogP contribution in [-0.2, 0) is 0 Å². The molecule has 1 saturated carbocycles. The summed E-state index contributed by atoms with van der Waals surface area (Å²) in [4.78, 5) is 0. The van der Waals surface area contributed by atoms with E-state index in [0.29, 0.717) is 6.04 Å². The van der Waals surface area contributed by atoms with Crippen molar-refractivity contribution >= 4 is 5.69 Å². The van der Waals surface area contributed by atoms with Crippen molar-refractivity contribution in [3.63, 3.8) is 0 Å². The lowest BCUT2D eigenvalue weighted by Crippen LogP contribution is -2.51. The average Bonchev–Trinajstić information content (AvgIpc) is 2.44. The molecule has 0 radical (unpaired) electrons. The molecule has 19 heavy (non-hydrogen) atoms. The van der Waals surface area contributed by atoms with E-state index in [4.69, 9.17) is 5.73 Å². The number of hydrogen-bond donors (Lipinski definition) is 2. The topological polar surface area (TPSA) is 38.0 Å². The highest BCUT2D eigenvalue weighted by Gasteiger charge is 2.49. The van der Waals surface area contributed by atoms with Gasteiger partial charge in [0.1, 0.15) is 0 Å². The van der Waals surface area contributed by atoms with Crippen LogP contribution in [0.25, 0.3) is 0 Å². The zero-order chi connectivity index (χ0) is 14.4. The van der Waals surface area contributed by atoms with Crippen molar-refractivity contribution in [2.24, 2.45) is 11.1 Å². The van der Waals surface area contributed by atoms with E-state index in [2.05, 4.69) is 59.0 Å². The number of anilines is 1. The lowest BCUT2D eigenvalue weighted by molar-refractivity contribution is 0.215. The fraction of sp³-hybridized carbons (Fsp3) is 0.647. The van der Waals surface area contributed by atoms with Gasteiger partial charge < -0.3 is 11.1 Å². The molecule has 3 N–H and O–H groups in total. The third-order valence-electron chi connectivity index (χ3n) is 5.29. The molecule has 1 fully saturated rings. The van der Waals surface area contributed by atoms with Gasteiger partial charge in [0.25, 0.3) is 0 Å². The SMILES string of the molecule is Cc1cc(C)c(NC2CCC(C)(N)C2(C)C)c(C)c1. The minimum absolute atomic E-state index is 0.0861. The lowest BCUT2D eigenvalue weighted by atomic mass is 9.74. The molecule has 0 bridgehead atoms. The largest absolute Gasteiger partial charge is 0.381 e. The Morgan fingerprint density at radius 2 is 1.63 bits per heavy atom. The normalized spacial score (nSPS) is 29.5. The van der Waals surface area contributed by atoms with E-state index < -0.39 is 0 Å². The third-order valence-corrected chi connectivity index (χ3v) is 5.29. The monoisotopic (exact) mass is 260 g/mol. The summed E-state index contributed by atoms with van der Waals surface area (Å²) in [5, 5.41) is 3.77. The smallest absolute Gasteiger partial charge is 0.0402 e. The molecule has 1 aromatic rings. The molecule has 1 aliphatic rings. The van der Waals surface area contributed by atoms with Crippen LogP contribution < -0.4 is 11.1 Å². The number of hydrogen-bond acceptors (Lipinski definition) is 2. The van der Waals surface area contributed by atoms with Gasteiger partial charge in [0.15, 0.2) is 0 Å². The van der Waals surface area contributed by atoms with Crippen LogP contribution in [0.4, 0.5) is 5.69 Å². The van der Waals surface area contributed by atoms with E-state index in [1.54, 1.807) is 0 Å². The van der Waals surface area contributed by atoms with Crippen molar-refractivity contribution < 1.29 is 0 Å². The molecule has 0 aromatic heterocycles. The first-order valence-corrected chi connectivity index (χ1v) is 7.28. The standard InChI is InChI=1S/C17H28N2/c1-11-9-12(2)15(13(3)10-11)19-14-7-8-17(6,18)16(14,4)5/h9-10,14,19H,7-8,18H2,1-6H3. The van der Waals surface area contributed by atoms with Gasteiger partial charge in [0.05, 0.1) is 0 Å².